The number of piperazine rings is 1. The fraction of sp³-hybridized carbons (Fsp3) is 0.636. The van der Waals surface area contributed by atoms with E-state index >= 15 is 0 Å². The van der Waals surface area contributed by atoms with Gasteiger partial charge in [-0.2, -0.15) is 5.10 Å². The minimum Gasteiger partial charge on any atom is -0.395 e. The molecule has 1 amide bonds. The molecule has 2 aromatic heterocycles. The first kappa shape index (κ1) is 22.6. The maximum atomic E-state index is 12.7. The van der Waals surface area contributed by atoms with E-state index in [1.807, 2.05) is 29.5 Å². The third-order valence-electron chi connectivity index (χ3n) is 6.36. The van der Waals surface area contributed by atoms with Gasteiger partial charge in [-0.25, -0.2) is 14.6 Å². The van der Waals surface area contributed by atoms with Crippen LogP contribution in [0, 0.1) is 13.8 Å². The average molecular weight is 444 g/mol. The summed E-state index contributed by atoms with van der Waals surface area (Å²) in [5, 5.41) is 13.8. The Kier molecular flexibility index (Phi) is 7.33. The number of anilines is 1. The summed E-state index contributed by atoms with van der Waals surface area (Å²) in [5.74, 6) is 1.79. The zero-order valence-electron chi connectivity index (χ0n) is 19.0. The van der Waals surface area contributed by atoms with Crippen molar-refractivity contribution >= 4 is 11.7 Å². The number of hydrogen-bond acceptors (Lipinski definition) is 8. The number of aliphatic hydroxyl groups is 1. The Morgan fingerprint density at radius 2 is 1.78 bits per heavy atom. The van der Waals surface area contributed by atoms with Gasteiger partial charge >= 0.3 is 0 Å². The number of β-amino-alcohol motifs (C(OH)–C–C–N with tert-alkyl or cyclic N) is 1. The first-order chi connectivity index (χ1) is 15.6. The summed E-state index contributed by atoms with van der Waals surface area (Å²) in [6.45, 7) is 11.0. The van der Waals surface area contributed by atoms with Gasteiger partial charge in [0.05, 0.1) is 25.5 Å². The number of rotatable bonds is 7. The van der Waals surface area contributed by atoms with Crippen LogP contribution in [0.4, 0.5) is 5.82 Å². The minimum absolute atomic E-state index is 0.163. The van der Waals surface area contributed by atoms with Gasteiger partial charge in [0.2, 0.25) is 5.91 Å². The first-order valence-electron chi connectivity index (χ1n) is 11.4. The second-order valence-electron chi connectivity index (χ2n) is 8.34. The van der Waals surface area contributed by atoms with Gasteiger partial charge in [0.15, 0.2) is 5.82 Å². The Bertz CT molecular complexity index is 918. The number of ether oxygens (including phenoxy) is 1. The van der Waals surface area contributed by atoms with E-state index in [0.717, 1.165) is 67.9 Å². The summed E-state index contributed by atoms with van der Waals surface area (Å²) in [6, 6.07) is 1.96. The molecule has 0 unspecified atom stereocenters. The summed E-state index contributed by atoms with van der Waals surface area (Å²) in [5.41, 5.74) is 3.04. The average Bonchev–Trinajstić information content (AvgIpc) is 3.12. The monoisotopic (exact) mass is 443 g/mol. The summed E-state index contributed by atoms with van der Waals surface area (Å²) < 4.78 is 7.29. The molecule has 2 aliphatic heterocycles. The van der Waals surface area contributed by atoms with Crippen LogP contribution in [-0.2, 0) is 16.0 Å². The van der Waals surface area contributed by atoms with Crippen LogP contribution < -0.4 is 4.90 Å². The van der Waals surface area contributed by atoms with Gasteiger partial charge in [0.1, 0.15) is 12.1 Å². The fourth-order valence-electron chi connectivity index (χ4n) is 4.43. The van der Waals surface area contributed by atoms with Crippen molar-refractivity contribution in [2.45, 2.75) is 26.7 Å². The molecule has 2 saturated heterocycles. The molecule has 2 fully saturated rings. The molecular formula is C22H33N7O3. The molecular weight excluding hydrogens is 410 g/mol. The second kappa shape index (κ2) is 10.4. The Balaban J connectivity index is 1.41. The maximum Gasteiger partial charge on any atom is 0.222 e. The molecule has 4 heterocycles. The molecule has 32 heavy (non-hydrogen) atoms. The van der Waals surface area contributed by atoms with E-state index in [1.165, 1.54) is 0 Å². The quantitative estimate of drug-likeness (QED) is 0.647. The van der Waals surface area contributed by atoms with Crippen molar-refractivity contribution < 1.29 is 14.6 Å². The van der Waals surface area contributed by atoms with E-state index in [-0.39, 0.29) is 12.5 Å². The standard InChI is InChI=1S/C22H33N7O3/c1-17-19(3-4-22(31)28-7-5-26(6-8-28)9-12-30)18(2)29(25-17)21-15-20(23-16-24-21)27-10-13-32-14-11-27/h15-16,30H,3-14H2,1-2H3. The van der Waals surface area contributed by atoms with Gasteiger partial charge in [-0.05, 0) is 25.8 Å². The molecule has 0 atom stereocenters. The number of carbonyl (C=O) groups is 1. The van der Waals surface area contributed by atoms with Crippen LogP contribution >= 0.6 is 0 Å². The predicted molar refractivity (Wildman–Crippen MR) is 120 cm³/mol. The third-order valence-corrected chi connectivity index (χ3v) is 6.36. The van der Waals surface area contributed by atoms with Gasteiger partial charge in [-0.1, -0.05) is 0 Å². The number of aryl methyl sites for hydroxylation is 1. The van der Waals surface area contributed by atoms with Crippen LogP contribution in [0.25, 0.3) is 5.82 Å². The number of aromatic nitrogens is 4. The van der Waals surface area contributed by atoms with Gasteiger partial charge in [0.25, 0.3) is 0 Å². The van der Waals surface area contributed by atoms with Crippen LogP contribution in [0.1, 0.15) is 23.4 Å². The molecule has 10 nitrogen and oxygen atoms in total. The molecule has 0 spiro atoms. The van der Waals surface area contributed by atoms with Crippen molar-refractivity contribution in [3.8, 4) is 5.82 Å². The normalized spacial score (nSPS) is 17.7. The highest BCUT2D eigenvalue weighted by molar-refractivity contribution is 5.76. The SMILES string of the molecule is Cc1nn(-c2cc(N3CCOCC3)ncn2)c(C)c1CCC(=O)N1CCN(CCO)CC1. The number of carbonyl (C=O) groups excluding carboxylic acids is 1. The maximum absolute atomic E-state index is 12.7. The highest BCUT2D eigenvalue weighted by atomic mass is 16.5. The lowest BCUT2D eigenvalue weighted by Gasteiger charge is -2.34. The van der Waals surface area contributed by atoms with Crippen LogP contribution in [0.5, 0.6) is 0 Å². The smallest absolute Gasteiger partial charge is 0.222 e. The van der Waals surface area contributed by atoms with E-state index in [4.69, 9.17) is 14.9 Å². The highest BCUT2D eigenvalue weighted by Gasteiger charge is 2.22. The lowest BCUT2D eigenvalue weighted by molar-refractivity contribution is -0.132. The van der Waals surface area contributed by atoms with Gasteiger partial charge < -0.3 is 19.6 Å². The Morgan fingerprint density at radius 1 is 1.06 bits per heavy atom. The van der Waals surface area contributed by atoms with Crippen molar-refractivity contribution in [3.63, 3.8) is 0 Å². The number of nitrogens with zero attached hydrogens (tertiary/aromatic N) is 7. The molecule has 10 heteroatoms. The fourth-order valence-corrected chi connectivity index (χ4v) is 4.43. The predicted octanol–water partition coefficient (Wildman–Crippen LogP) is 0.185. The molecule has 0 saturated carbocycles. The van der Waals surface area contributed by atoms with Gasteiger partial charge in [0, 0.05) is 64.0 Å². The molecule has 0 bridgehead atoms. The van der Waals surface area contributed by atoms with Gasteiger partial charge in [-0.15, -0.1) is 0 Å². The first-order valence-corrected chi connectivity index (χ1v) is 11.4. The Labute approximate surface area is 188 Å². The van der Waals surface area contributed by atoms with Crippen molar-refractivity contribution in [3.05, 3.63) is 29.3 Å². The number of amides is 1. The van der Waals surface area contributed by atoms with Crippen LogP contribution in [-0.4, -0.2) is 106 Å². The van der Waals surface area contributed by atoms with Crippen LogP contribution in [0.3, 0.4) is 0 Å². The Hall–Kier alpha value is -2.56. The van der Waals surface area contributed by atoms with E-state index in [0.29, 0.717) is 32.6 Å². The lowest BCUT2D eigenvalue weighted by Crippen LogP contribution is -2.49. The molecule has 0 aliphatic carbocycles. The zero-order chi connectivity index (χ0) is 22.5. The zero-order valence-corrected chi connectivity index (χ0v) is 19.0. The lowest BCUT2D eigenvalue weighted by atomic mass is 10.1. The van der Waals surface area contributed by atoms with E-state index in [1.54, 1.807) is 6.33 Å². The van der Waals surface area contributed by atoms with Gasteiger partial charge in [-0.3, -0.25) is 9.69 Å². The highest BCUT2D eigenvalue weighted by Crippen LogP contribution is 2.21. The largest absolute Gasteiger partial charge is 0.395 e. The third kappa shape index (κ3) is 5.08. The summed E-state index contributed by atoms with van der Waals surface area (Å²) >= 11 is 0. The van der Waals surface area contributed by atoms with Crippen molar-refractivity contribution in [1.82, 2.24) is 29.5 Å². The molecule has 1 N–H and O–H groups in total. The van der Waals surface area contributed by atoms with E-state index < -0.39 is 0 Å². The topological polar surface area (TPSA) is 99.9 Å². The van der Waals surface area contributed by atoms with E-state index in [9.17, 15) is 4.79 Å². The molecule has 0 radical (unpaired) electrons. The van der Waals surface area contributed by atoms with Crippen LogP contribution in [0.15, 0.2) is 12.4 Å². The number of morpholine rings is 1. The van der Waals surface area contributed by atoms with E-state index in [2.05, 4.69) is 19.8 Å². The van der Waals surface area contributed by atoms with Crippen molar-refractivity contribution in [1.29, 1.82) is 0 Å². The van der Waals surface area contributed by atoms with Crippen molar-refractivity contribution in [2.75, 3.05) is 70.5 Å². The number of aliphatic hydroxyl groups excluding tert-OH is 1. The van der Waals surface area contributed by atoms with Crippen molar-refractivity contribution in [2.24, 2.45) is 0 Å². The molecule has 2 aromatic rings. The summed E-state index contributed by atoms with van der Waals surface area (Å²) in [6.07, 6.45) is 2.71. The second-order valence-corrected chi connectivity index (χ2v) is 8.34. The summed E-state index contributed by atoms with van der Waals surface area (Å²) in [4.78, 5) is 27.9. The molecule has 2 aliphatic rings. The summed E-state index contributed by atoms with van der Waals surface area (Å²) in [7, 11) is 0. The van der Waals surface area contributed by atoms with Crippen LogP contribution in [0.2, 0.25) is 0 Å². The molecule has 174 valence electrons. The molecule has 4 rings (SSSR count). The number of hydrogen-bond donors (Lipinski definition) is 1. The minimum atomic E-state index is 0.163. The molecule has 0 aromatic carbocycles. The Morgan fingerprint density at radius 3 is 2.50 bits per heavy atom.